The number of amides is 3. The Bertz CT molecular complexity index is 832. The minimum atomic E-state index is -4.53. The lowest BCUT2D eigenvalue weighted by atomic mass is 10.2. The summed E-state index contributed by atoms with van der Waals surface area (Å²) in [5.41, 5.74) is -0.912. The van der Waals surface area contributed by atoms with E-state index in [9.17, 15) is 31.2 Å². The van der Waals surface area contributed by atoms with Gasteiger partial charge in [-0.05, 0) is 31.2 Å². The molecule has 1 unspecified atom stereocenters. The minimum Gasteiger partial charge on any atom is -0.325 e. The number of nitriles is 1. The number of anilines is 1. The summed E-state index contributed by atoms with van der Waals surface area (Å²) in [6.07, 6.45) is -2.11. The zero-order valence-corrected chi connectivity index (χ0v) is 15.2. The third-order valence-electron chi connectivity index (χ3n) is 3.25. The standard InChI is InChI=1S/C15H17F3N4O4S/c1-3-22(9-19)13(23)12(8-27(2,25)26)21-14(24)20-11-6-4-10(5-7-11)15(16,17)18/h4-7,12H,3,8H2,1-2H3,(H2,20,21,24). The van der Waals surface area contributed by atoms with E-state index in [4.69, 9.17) is 5.26 Å². The summed E-state index contributed by atoms with van der Waals surface area (Å²) in [6.45, 7) is 1.46. The Morgan fingerprint density at radius 2 is 1.81 bits per heavy atom. The minimum absolute atomic E-state index is 0.00122. The van der Waals surface area contributed by atoms with Crippen molar-refractivity contribution in [1.82, 2.24) is 10.2 Å². The van der Waals surface area contributed by atoms with Crippen molar-refractivity contribution in [1.29, 1.82) is 5.26 Å². The second-order valence-electron chi connectivity index (χ2n) is 5.50. The number of hydrogen-bond acceptors (Lipinski definition) is 5. The summed E-state index contributed by atoms with van der Waals surface area (Å²) < 4.78 is 60.5. The maximum absolute atomic E-state index is 12.5. The number of nitrogens with one attached hydrogen (secondary N) is 2. The third-order valence-corrected chi connectivity index (χ3v) is 4.18. The Hall–Kier alpha value is -2.81. The zero-order chi connectivity index (χ0) is 20.8. The second-order valence-corrected chi connectivity index (χ2v) is 7.69. The molecule has 0 saturated carbocycles. The van der Waals surface area contributed by atoms with Gasteiger partial charge in [0.1, 0.15) is 15.9 Å². The van der Waals surface area contributed by atoms with Crippen molar-refractivity contribution in [3.8, 4) is 6.19 Å². The summed E-state index contributed by atoms with van der Waals surface area (Å²) in [5.74, 6) is -1.67. The summed E-state index contributed by atoms with van der Waals surface area (Å²) in [6, 6.07) is 0.971. The number of alkyl halides is 3. The van der Waals surface area contributed by atoms with Gasteiger partial charge in [0.2, 0.25) is 0 Å². The van der Waals surface area contributed by atoms with Gasteiger partial charge in [0.15, 0.2) is 6.19 Å². The molecule has 1 rings (SSSR count). The Labute approximate surface area is 153 Å². The largest absolute Gasteiger partial charge is 0.416 e. The predicted octanol–water partition coefficient (Wildman–Crippen LogP) is 1.57. The number of sulfone groups is 1. The molecular weight excluding hydrogens is 389 g/mol. The monoisotopic (exact) mass is 406 g/mol. The molecule has 8 nitrogen and oxygen atoms in total. The Morgan fingerprint density at radius 3 is 2.22 bits per heavy atom. The van der Waals surface area contributed by atoms with Crippen LogP contribution in [-0.2, 0) is 20.8 Å². The molecule has 0 heterocycles. The number of rotatable bonds is 6. The smallest absolute Gasteiger partial charge is 0.325 e. The van der Waals surface area contributed by atoms with E-state index in [2.05, 4.69) is 10.6 Å². The molecule has 148 valence electrons. The van der Waals surface area contributed by atoms with E-state index in [0.29, 0.717) is 4.90 Å². The van der Waals surface area contributed by atoms with Gasteiger partial charge in [0, 0.05) is 18.5 Å². The molecule has 1 atom stereocenters. The van der Waals surface area contributed by atoms with Gasteiger partial charge < -0.3 is 10.6 Å². The van der Waals surface area contributed by atoms with Crippen molar-refractivity contribution in [2.24, 2.45) is 0 Å². The first-order valence-corrected chi connectivity index (χ1v) is 9.57. The summed E-state index contributed by atoms with van der Waals surface area (Å²) >= 11 is 0. The molecule has 0 aliphatic carbocycles. The molecule has 0 spiro atoms. The van der Waals surface area contributed by atoms with Gasteiger partial charge >= 0.3 is 12.2 Å². The van der Waals surface area contributed by atoms with Crippen LogP contribution in [0.4, 0.5) is 23.7 Å². The average molecular weight is 406 g/mol. The van der Waals surface area contributed by atoms with Crippen molar-refractivity contribution in [2.45, 2.75) is 19.1 Å². The van der Waals surface area contributed by atoms with Crippen LogP contribution < -0.4 is 10.6 Å². The molecule has 2 N–H and O–H groups in total. The van der Waals surface area contributed by atoms with E-state index in [-0.39, 0.29) is 12.2 Å². The van der Waals surface area contributed by atoms with Gasteiger partial charge in [-0.25, -0.2) is 18.1 Å². The highest BCUT2D eigenvalue weighted by Gasteiger charge is 2.31. The summed E-state index contributed by atoms with van der Waals surface area (Å²) in [7, 11) is -3.68. The molecule has 0 fully saturated rings. The molecule has 3 amide bonds. The van der Waals surface area contributed by atoms with E-state index in [0.717, 1.165) is 30.5 Å². The number of likely N-dealkylation sites (N-methyl/N-ethyl adjacent to an activating group) is 1. The molecule has 0 bridgehead atoms. The number of halogens is 3. The van der Waals surface area contributed by atoms with Gasteiger partial charge in [-0.15, -0.1) is 0 Å². The summed E-state index contributed by atoms with van der Waals surface area (Å²) in [5, 5.41) is 13.2. The lowest BCUT2D eigenvalue weighted by molar-refractivity contribution is -0.137. The fraction of sp³-hybridized carbons (Fsp3) is 0.400. The second kappa shape index (κ2) is 8.72. The average Bonchev–Trinajstić information content (AvgIpc) is 2.53. The predicted molar refractivity (Wildman–Crippen MR) is 90.1 cm³/mol. The fourth-order valence-corrected chi connectivity index (χ4v) is 2.84. The lowest BCUT2D eigenvalue weighted by Crippen LogP contribution is -2.51. The fourth-order valence-electron chi connectivity index (χ4n) is 2.01. The zero-order valence-electron chi connectivity index (χ0n) is 14.4. The quantitative estimate of drug-likeness (QED) is 0.549. The molecule has 0 aliphatic rings. The molecule has 0 radical (unpaired) electrons. The first-order valence-electron chi connectivity index (χ1n) is 7.51. The van der Waals surface area contributed by atoms with E-state index < -0.39 is 45.3 Å². The lowest BCUT2D eigenvalue weighted by Gasteiger charge is -2.21. The van der Waals surface area contributed by atoms with Crippen LogP contribution in [0.5, 0.6) is 0 Å². The Morgan fingerprint density at radius 1 is 1.26 bits per heavy atom. The number of nitrogens with zero attached hydrogens (tertiary/aromatic N) is 2. The normalized spacial score (nSPS) is 12.6. The highest BCUT2D eigenvalue weighted by Crippen LogP contribution is 2.29. The van der Waals surface area contributed by atoms with Crippen molar-refractivity contribution < 1.29 is 31.2 Å². The van der Waals surface area contributed by atoms with Crippen LogP contribution in [0.2, 0.25) is 0 Å². The molecular formula is C15H17F3N4O4S. The van der Waals surface area contributed by atoms with E-state index in [1.54, 1.807) is 6.19 Å². The van der Waals surface area contributed by atoms with Crippen LogP contribution in [0.25, 0.3) is 0 Å². The molecule has 0 aliphatic heterocycles. The number of carbonyl (C=O) groups excluding carboxylic acids is 2. The van der Waals surface area contributed by atoms with Crippen molar-refractivity contribution in [3.63, 3.8) is 0 Å². The van der Waals surface area contributed by atoms with Crippen LogP contribution in [0.1, 0.15) is 12.5 Å². The van der Waals surface area contributed by atoms with Crippen molar-refractivity contribution in [3.05, 3.63) is 29.8 Å². The number of carbonyl (C=O) groups is 2. The van der Waals surface area contributed by atoms with E-state index in [1.807, 2.05) is 0 Å². The van der Waals surface area contributed by atoms with Gasteiger partial charge in [-0.2, -0.15) is 18.4 Å². The SMILES string of the molecule is CCN(C#N)C(=O)C(CS(C)(=O)=O)NC(=O)Nc1ccc(C(F)(F)F)cc1. The third kappa shape index (κ3) is 7.14. The van der Waals surface area contributed by atoms with Crippen LogP contribution in [0, 0.1) is 11.5 Å². The number of hydrogen-bond donors (Lipinski definition) is 2. The Balaban J connectivity index is 2.90. The molecule has 0 saturated heterocycles. The maximum atomic E-state index is 12.5. The highest BCUT2D eigenvalue weighted by atomic mass is 32.2. The molecule has 1 aromatic carbocycles. The van der Waals surface area contributed by atoms with Gasteiger partial charge in [0.25, 0.3) is 5.91 Å². The van der Waals surface area contributed by atoms with Crippen LogP contribution >= 0.6 is 0 Å². The summed E-state index contributed by atoms with van der Waals surface area (Å²) in [4.78, 5) is 24.9. The highest BCUT2D eigenvalue weighted by molar-refractivity contribution is 7.90. The van der Waals surface area contributed by atoms with Gasteiger partial charge in [0.05, 0.1) is 11.3 Å². The molecule has 12 heteroatoms. The topological polar surface area (TPSA) is 119 Å². The number of benzene rings is 1. The van der Waals surface area contributed by atoms with Crippen LogP contribution in [-0.4, -0.2) is 49.9 Å². The van der Waals surface area contributed by atoms with E-state index in [1.165, 1.54) is 6.92 Å². The first kappa shape index (κ1) is 22.2. The molecule has 0 aromatic heterocycles. The van der Waals surface area contributed by atoms with E-state index >= 15 is 0 Å². The van der Waals surface area contributed by atoms with Gasteiger partial charge in [-0.1, -0.05) is 0 Å². The first-order chi connectivity index (χ1) is 12.4. The van der Waals surface area contributed by atoms with Crippen molar-refractivity contribution in [2.75, 3.05) is 23.9 Å². The Kier molecular flexibility index (Phi) is 7.18. The van der Waals surface area contributed by atoms with Gasteiger partial charge in [-0.3, -0.25) is 4.79 Å². The van der Waals surface area contributed by atoms with Crippen molar-refractivity contribution >= 4 is 27.5 Å². The maximum Gasteiger partial charge on any atom is 0.416 e. The molecule has 1 aromatic rings. The van der Waals surface area contributed by atoms with Crippen LogP contribution in [0.3, 0.4) is 0 Å². The molecule has 27 heavy (non-hydrogen) atoms. The van der Waals surface area contributed by atoms with Crippen LogP contribution in [0.15, 0.2) is 24.3 Å². The number of urea groups is 1.